The molecule has 0 spiro atoms. The maximum atomic E-state index is 14.7. The van der Waals surface area contributed by atoms with Gasteiger partial charge in [0.25, 0.3) is 0 Å². The number of carbonyl (C=O) groups is 1. The molecule has 0 aliphatic heterocycles. The molecule has 0 bridgehead atoms. The second-order valence-electron chi connectivity index (χ2n) is 7.71. The Morgan fingerprint density at radius 2 is 1.65 bits per heavy atom. The van der Waals surface area contributed by atoms with Crippen LogP contribution in [0.4, 0.5) is 16.3 Å². The second-order valence-corrected chi connectivity index (χ2v) is 7.71. The molecule has 9 heteroatoms. The van der Waals surface area contributed by atoms with E-state index in [2.05, 4.69) is 20.3 Å². The molecule has 172 valence electrons. The standard InChI is InChI=1S/C25H23FN6O2/c26-20-13-18(16-4-2-1-3-5-16)10-11-19(20)14-29-25-31-22(30-24(28)32-25)17-8-6-15(7-9-17)12-21(27)23(33)34/h1-11,13,21H,12,14,27H2,(H,33,34)(H3,28,29,30,31,32)/t21-/m0/s1. The van der Waals surface area contributed by atoms with Crippen molar-refractivity contribution < 1.29 is 14.3 Å². The fourth-order valence-corrected chi connectivity index (χ4v) is 3.41. The van der Waals surface area contributed by atoms with Gasteiger partial charge in [0.15, 0.2) is 5.82 Å². The first-order valence-electron chi connectivity index (χ1n) is 10.6. The average molecular weight is 458 g/mol. The SMILES string of the molecule is Nc1nc(NCc2ccc(-c3ccccc3)cc2F)nc(-c2ccc(C[C@H](N)C(=O)O)cc2)n1. The Morgan fingerprint density at radius 3 is 2.32 bits per heavy atom. The number of nitrogens with zero attached hydrogens (tertiary/aromatic N) is 3. The molecule has 3 aromatic carbocycles. The molecule has 0 saturated heterocycles. The number of anilines is 2. The summed E-state index contributed by atoms with van der Waals surface area (Å²) < 4.78 is 14.7. The van der Waals surface area contributed by atoms with Crippen molar-refractivity contribution in [3.63, 3.8) is 0 Å². The van der Waals surface area contributed by atoms with Gasteiger partial charge < -0.3 is 21.9 Å². The minimum absolute atomic E-state index is 0.0179. The van der Waals surface area contributed by atoms with Gasteiger partial charge in [0, 0.05) is 17.7 Å². The zero-order valence-electron chi connectivity index (χ0n) is 18.1. The lowest BCUT2D eigenvalue weighted by Gasteiger charge is -2.10. The van der Waals surface area contributed by atoms with E-state index in [1.165, 1.54) is 6.07 Å². The van der Waals surface area contributed by atoms with Gasteiger partial charge >= 0.3 is 5.97 Å². The van der Waals surface area contributed by atoms with Crippen LogP contribution in [0.25, 0.3) is 22.5 Å². The molecule has 8 nitrogen and oxygen atoms in total. The highest BCUT2D eigenvalue weighted by Gasteiger charge is 2.13. The third kappa shape index (κ3) is 5.51. The molecule has 0 saturated carbocycles. The normalized spacial score (nSPS) is 11.7. The number of carboxylic acids is 1. The van der Waals surface area contributed by atoms with Crippen LogP contribution in [0.3, 0.4) is 0 Å². The molecule has 1 aromatic heterocycles. The highest BCUT2D eigenvalue weighted by atomic mass is 19.1. The Balaban J connectivity index is 1.47. The van der Waals surface area contributed by atoms with Crippen molar-refractivity contribution in [3.8, 4) is 22.5 Å². The van der Waals surface area contributed by atoms with Crippen LogP contribution in [-0.4, -0.2) is 32.1 Å². The predicted molar refractivity (Wildman–Crippen MR) is 128 cm³/mol. The summed E-state index contributed by atoms with van der Waals surface area (Å²) in [5.41, 5.74) is 15.1. The van der Waals surface area contributed by atoms with Gasteiger partial charge in [0.05, 0.1) is 0 Å². The lowest BCUT2D eigenvalue weighted by Crippen LogP contribution is -2.32. The van der Waals surface area contributed by atoms with Crippen molar-refractivity contribution in [1.82, 2.24) is 15.0 Å². The van der Waals surface area contributed by atoms with Crippen LogP contribution < -0.4 is 16.8 Å². The lowest BCUT2D eigenvalue weighted by molar-refractivity contribution is -0.138. The molecular formula is C25H23FN6O2. The van der Waals surface area contributed by atoms with Gasteiger partial charge in [-0.3, -0.25) is 4.79 Å². The number of carboxylic acid groups (broad SMARTS) is 1. The molecule has 0 unspecified atom stereocenters. The van der Waals surface area contributed by atoms with E-state index in [1.807, 2.05) is 36.4 Å². The van der Waals surface area contributed by atoms with Crippen LogP contribution in [0.2, 0.25) is 0 Å². The van der Waals surface area contributed by atoms with E-state index in [0.717, 1.165) is 16.7 Å². The molecule has 4 rings (SSSR count). The number of aromatic nitrogens is 3. The molecule has 0 amide bonds. The predicted octanol–water partition coefficient (Wildman–Crippen LogP) is 3.49. The van der Waals surface area contributed by atoms with Crippen molar-refractivity contribution >= 4 is 17.9 Å². The molecule has 0 aliphatic rings. The number of benzene rings is 3. The summed E-state index contributed by atoms with van der Waals surface area (Å²) in [6, 6.07) is 20.7. The molecular weight excluding hydrogens is 435 g/mol. The highest BCUT2D eigenvalue weighted by molar-refractivity contribution is 5.73. The van der Waals surface area contributed by atoms with E-state index in [4.69, 9.17) is 16.6 Å². The number of rotatable bonds is 8. The molecule has 0 aliphatic carbocycles. The summed E-state index contributed by atoms with van der Waals surface area (Å²) in [6.07, 6.45) is 0.205. The van der Waals surface area contributed by atoms with Crippen molar-refractivity contribution in [2.75, 3.05) is 11.1 Å². The quantitative estimate of drug-likeness (QED) is 0.315. The monoisotopic (exact) mass is 458 g/mol. The average Bonchev–Trinajstić information content (AvgIpc) is 2.84. The van der Waals surface area contributed by atoms with Crippen molar-refractivity contribution in [2.24, 2.45) is 5.73 Å². The number of nitrogen functional groups attached to an aromatic ring is 1. The van der Waals surface area contributed by atoms with Gasteiger partial charge in [0.2, 0.25) is 11.9 Å². The van der Waals surface area contributed by atoms with Crippen molar-refractivity contribution in [3.05, 3.63) is 89.7 Å². The Kier molecular flexibility index (Phi) is 6.74. The van der Waals surface area contributed by atoms with E-state index < -0.39 is 12.0 Å². The number of halogens is 1. The maximum absolute atomic E-state index is 14.7. The summed E-state index contributed by atoms with van der Waals surface area (Å²) >= 11 is 0. The maximum Gasteiger partial charge on any atom is 0.320 e. The second kappa shape index (κ2) is 10.1. The summed E-state index contributed by atoms with van der Waals surface area (Å²) in [4.78, 5) is 23.6. The van der Waals surface area contributed by atoms with E-state index in [0.29, 0.717) is 17.0 Å². The number of hydrogen-bond donors (Lipinski definition) is 4. The number of hydrogen-bond acceptors (Lipinski definition) is 7. The largest absolute Gasteiger partial charge is 0.480 e. The van der Waals surface area contributed by atoms with Crippen LogP contribution in [0.1, 0.15) is 11.1 Å². The number of aliphatic carboxylic acids is 1. The summed E-state index contributed by atoms with van der Waals surface area (Å²) in [7, 11) is 0. The van der Waals surface area contributed by atoms with Crippen LogP contribution in [0.15, 0.2) is 72.8 Å². The lowest BCUT2D eigenvalue weighted by atomic mass is 10.0. The third-order valence-electron chi connectivity index (χ3n) is 5.23. The van der Waals surface area contributed by atoms with Gasteiger partial charge in [-0.05, 0) is 29.2 Å². The molecule has 0 fully saturated rings. The molecule has 6 N–H and O–H groups in total. The first-order chi connectivity index (χ1) is 16.4. The topological polar surface area (TPSA) is 140 Å². The van der Waals surface area contributed by atoms with Crippen molar-refractivity contribution in [1.29, 1.82) is 0 Å². The number of nitrogens with one attached hydrogen (secondary N) is 1. The Morgan fingerprint density at radius 1 is 0.941 bits per heavy atom. The van der Waals surface area contributed by atoms with Gasteiger partial charge in [0.1, 0.15) is 11.9 Å². The highest BCUT2D eigenvalue weighted by Crippen LogP contribution is 2.23. The van der Waals surface area contributed by atoms with Gasteiger partial charge in [-0.15, -0.1) is 0 Å². The molecule has 0 radical (unpaired) electrons. The van der Waals surface area contributed by atoms with Crippen LogP contribution >= 0.6 is 0 Å². The Hall–Kier alpha value is -4.37. The fraction of sp³-hybridized carbons (Fsp3) is 0.120. The zero-order chi connectivity index (χ0) is 24.1. The minimum Gasteiger partial charge on any atom is -0.480 e. The molecule has 1 heterocycles. The summed E-state index contributed by atoms with van der Waals surface area (Å²) in [5.74, 6) is -0.832. The minimum atomic E-state index is -1.06. The molecule has 1 atom stereocenters. The Labute approximate surface area is 195 Å². The van der Waals surface area contributed by atoms with E-state index >= 15 is 0 Å². The number of nitrogens with two attached hydrogens (primary N) is 2. The fourth-order valence-electron chi connectivity index (χ4n) is 3.41. The first-order valence-corrected chi connectivity index (χ1v) is 10.6. The van der Waals surface area contributed by atoms with E-state index in [-0.39, 0.29) is 30.7 Å². The summed E-state index contributed by atoms with van der Waals surface area (Å²) in [6.45, 7) is 0.163. The Bertz CT molecular complexity index is 1300. The molecule has 34 heavy (non-hydrogen) atoms. The third-order valence-corrected chi connectivity index (χ3v) is 5.23. The first kappa shape index (κ1) is 22.8. The zero-order valence-corrected chi connectivity index (χ0v) is 18.1. The van der Waals surface area contributed by atoms with Gasteiger partial charge in [-0.25, -0.2) is 4.39 Å². The van der Waals surface area contributed by atoms with E-state index in [1.54, 1.807) is 30.3 Å². The smallest absolute Gasteiger partial charge is 0.320 e. The van der Waals surface area contributed by atoms with E-state index in [9.17, 15) is 9.18 Å². The van der Waals surface area contributed by atoms with Gasteiger partial charge in [-0.1, -0.05) is 66.7 Å². The van der Waals surface area contributed by atoms with Gasteiger partial charge in [-0.2, -0.15) is 15.0 Å². The molecule has 4 aromatic rings. The van der Waals surface area contributed by atoms with Crippen molar-refractivity contribution in [2.45, 2.75) is 19.0 Å². The summed E-state index contributed by atoms with van der Waals surface area (Å²) in [5, 5.41) is 12.0. The van der Waals surface area contributed by atoms with Crippen LogP contribution in [-0.2, 0) is 17.8 Å². The van der Waals surface area contributed by atoms with Crippen LogP contribution in [0.5, 0.6) is 0 Å². The van der Waals surface area contributed by atoms with Crippen LogP contribution in [0, 0.1) is 5.82 Å².